The fourth-order valence-corrected chi connectivity index (χ4v) is 6.31. The number of imide groups is 1. The molecule has 29 heavy (non-hydrogen) atoms. The van der Waals surface area contributed by atoms with Gasteiger partial charge in [-0.2, -0.15) is 0 Å². The van der Waals surface area contributed by atoms with Gasteiger partial charge in [-0.1, -0.05) is 24.6 Å². The van der Waals surface area contributed by atoms with Crippen LogP contribution in [0.15, 0.2) is 22.5 Å². The number of hydrogen-bond acceptors (Lipinski definition) is 6. The first-order valence-corrected chi connectivity index (χ1v) is 12.0. The van der Waals surface area contributed by atoms with Crippen molar-refractivity contribution in [2.24, 2.45) is 11.8 Å². The third kappa shape index (κ3) is 3.80. The van der Waals surface area contributed by atoms with Crippen molar-refractivity contribution in [3.63, 3.8) is 0 Å². The van der Waals surface area contributed by atoms with Crippen LogP contribution < -0.4 is 4.90 Å². The Hall–Kier alpha value is -1.93. The summed E-state index contributed by atoms with van der Waals surface area (Å²) in [7, 11) is 0. The van der Waals surface area contributed by atoms with E-state index >= 15 is 0 Å². The second-order valence-corrected chi connectivity index (χ2v) is 9.75. The lowest BCUT2D eigenvalue weighted by molar-refractivity contribution is -0.128. The highest BCUT2D eigenvalue weighted by atomic mass is 32.2. The highest BCUT2D eigenvalue weighted by Crippen LogP contribution is 2.41. The van der Waals surface area contributed by atoms with Crippen molar-refractivity contribution < 1.29 is 14.4 Å². The zero-order chi connectivity index (χ0) is 20.5. The summed E-state index contributed by atoms with van der Waals surface area (Å²) in [6.07, 6.45) is 3.68. The molecule has 1 aliphatic heterocycles. The molecule has 8 heteroatoms. The Morgan fingerprint density at radius 2 is 1.83 bits per heavy atom. The average molecular weight is 432 g/mol. The third-order valence-corrected chi connectivity index (χ3v) is 8.03. The second-order valence-electron chi connectivity index (χ2n) is 7.50. The summed E-state index contributed by atoms with van der Waals surface area (Å²) < 4.78 is 1.75. The fourth-order valence-electron chi connectivity index (χ4n) is 4.30. The molecule has 1 saturated carbocycles. The Labute approximate surface area is 178 Å². The number of thioether (sulfide) groups is 1. The van der Waals surface area contributed by atoms with Crippen molar-refractivity contribution in [2.45, 2.75) is 43.9 Å². The van der Waals surface area contributed by atoms with Gasteiger partial charge in [-0.3, -0.25) is 19.3 Å². The summed E-state index contributed by atoms with van der Waals surface area (Å²) in [6, 6.07) is 5.56. The van der Waals surface area contributed by atoms with Gasteiger partial charge in [0.2, 0.25) is 17.7 Å². The second kappa shape index (κ2) is 8.44. The standard InChI is InChI=1S/C21H25N3O3S2/c1-3-23(4-2)18(25)12-28-21-22-16-10-9-13(11-17(16)29-21)24-19(26)14-7-5-6-8-15(14)20(24)27/h9-11,14-15H,3-8,12H2,1-2H3. The number of amides is 3. The lowest BCUT2D eigenvalue weighted by Crippen LogP contribution is -2.31. The average Bonchev–Trinajstić information content (AvgIpc) is 3.25. The van der Waals surface area contributed by atoms with Gasteiger partial charge in [0.15, 0.2) is 4.34 Å². The van der Waals surface area contributed by atoms with E-state index in [0.29, 0.717) is 24.5 Å². The Morgan fingerprint density at radius 1 is 1.17 bits per heavy atom. The number of thiazole rings is 1. The molecule has 0 radical (unpaired) electrons. The summed E-state index contributed by atoms with van der Waals surface area (Å²) in [5.41, 5.74) is 1.47. The topological polar surface area (TPSA) is 70.6 Å². The molecule has 2 aliphatic rings. The highest BCUT2D eigenvalue weighted by Gasteiger charge is 2.48. The Balaban J connectivity index is 1.52. The van der Waals surface area contributed by atoms with E-state index in [1.807, 2.05) is 36.9 Å². The monoisotopic (exact) mass is 431 g/mol. The van der Waals surface area contributed by atoms with Crippen molar-refractivity contribution in [1.29, 1.82) is 0 Å². The van der Waals surface area contributed by atoms with Crippen LogP contribution in [0.4, 0.5) is 5.69 Å². The molecule has 3 amide bonds. The molecule has 1 saturated heterocycles. The van der Waals surface area contributed by atoms with Crippen LogP contribution in [0.3, 0.4) is 0 Å². The van der Waals surface area contributed by atoms with E-state index in [4.69, 9.17) is 0 Å². The summed E-state index contributed by atoms with van der Waals surface area (Å²) in [4.78, 5) is 45.7. The van der Waals surface area contributed by atoms with Crippen LogP contribution >= 0.6 is 23.1 Å². The molecule has 1 aromatic carbocycles. The molecule has 1 aromatic heterocycles. The van der Waals surface area contributed by atoms with Crippen LogP contribution in [0.25, 0.3) is 10.2 Å². The zero-order valence-electron chi connectivity index (χ0n) is 16.7. The molecule has 0 bridgehead atoms. The van der Waals surface area contributed by atoms with E-state index in [1.54, 1.807) is 0 Å². The molecule has 2 aromatic rings. The van der Waals surface area contributed by atoms with Crippen LogP contribution in [0.5, 0.6) is 0 Å². The van der Waals surface area contributed by atoms with E-state index in [-0.39, 0.29) is 29.6 Å². The van der Waals surface area contributed by atoms with Crippen LogP contribution in [0, 0.1) is 11.8 Å². The van der Waals surface area contributed by atoms with Gasteiger partial charge in [-0.25, -0.2) is 4.98 Å². The zero-order valence-corrected chi connectivity index (χ0v) is 18.4. The van der Waals surface area contributed by atoms with Gasteiger partial charge in [-0.05, 0) is 44.9 Å². The van der Waals surface area contributed by atoms with E-state index in [0.717, 1.165) is 40.2 Å². The molecule has 2 heterocycles. The van der Waals surface area contributed by atoms with Crippen molar-refractivity contribution in [3.05, 3.63) is 18.2 Å². The minimum absolute atomic E-state index is 0.0528. The summed E-state index contributed by atoms with van der Waals surface area (Å²) in [5.74, 6) is 0.0684. The molecular formula is C21H25N3O3S2. The number of rotatable bonds is 6. The number of nitrogens with zero attached hydrogens (tertiary/aromatic N) is 3. The summed E-state index contributed by atoms with van der Waals surface area (Å²) >= 11 is 2.94. The SMILES string of the molecule is CCN(CC)C(=O)CSc1nc2ccc(N3C(=O)C4CCCCC4C3=O)cc2s1. The maximum Gasteiger partial charge on any atom is 0.237 e. The van der Waals surface area contributed by atoms with Gasteiger partial charge in [0.25, 0.3) is 0 Å². The Morgan fingerprint density at radius 3 is 2.45 bits per heavy atom. The van der Waals surface area contributed by atoms with Crippen molar-refractivity contribution in [2.75, 3.05) is 23.7 Å². The molecule has 1 aliphatic carbocycles. The normalized spacial score (nSPS) is 21.7. The maximum absolute atomic E-state index is 12.8. The number of aromatic nitrogens is 1. The first-order chi connectivity index (χ1) is 14.0. The molecule has 4 rings (SSSR count). The first kappa shape index (κ1) is 20.3. The predicted octanol–water partition coefficient (Wildman–Crippen LogP) is 3.94. The maximum atomic E-state index is 12.8. The van der Waals surface area contributed by atoms with E-state index in [9.17, 15) is 14.4 Å². The first-order valence-electron chi connectivity index (χ1n) is 10.2. The van der Waals surface area contributed by atoms with Gasteiger partial charge in [0, 0.05) is 13.1 Å². The molecule has 0 N–H and O–H groups in total. The predicted molar refractivity (Wildman–Crippen MR) is 116 cm³/mol. The van der Waals surface area contributed by atoms with Crippen LogP contribution in [0.1, 0.15) is 39.5 Å². The van der Waals surface area contributed by atoms with Gasteiger partial charge < -0.3 is 4.90 Å². The van der Waals surface area contributed by atoms with Gasteiger partial charge in [0.05, 0.1) is 33.5 Å². The number of carbonyl (C=O) groups excluding carboxylic acids is 3. The highest BCUT2D eigenvalue weighted by molar-refractivity contribution is 8.01. The number of carbonyl (C=O) groups is 3. The summed E-state index contributed by atoms with van der Waals surface area (Å²) in [5, 5.41) is 0. The van der Waals surface area contributed by atoms with E-state index < -0.39 is 0 Å². The molecule has 6 nitrogen and oxygen atoms in total. The van der Waals surface area contributed by atoms with Crippen LogP contribution in [-0.2, 0) is 14.4 Å². The van der Waals surface area contributed by atoms with Gasteiger partial charge in [0.1, 0.15) is 0 Å². The van der Waals surface area contributed by atoms with Crippen LogP contribution in [-0.4, -0.2) is 46.4 Å². The van der Waals surface area contributed by atoms with E-state index in [1.165, 1.54) is 28.0 Å². The molecule has 0 spiro atoms. The smallest absolute Gasteiger partial charge is 0.237 e. The van der Waals surface area contributed by atoms with Crippen molar-refractivity contribution >= 4 is 56.7 Å². The third-order valence-electron chi connectivity index (χ3n) is 5.89. The lowest BCUT2D eigenvalue weighted by Gasteiger charge is -2.19. The van der Waals surface area contributed by atoms with Crippen LogP contribution in [0.2, 0.25) is 0 Å². The number of anilines is 1. The molecule has 2 atom stereocenters. The lowest BCUT2D eigenvalue weighted by atomic mass is 9.81. The van der Waals surface area contributed by atoms with Gasteiger partial charge >= 0.3 is 0 Å². The Kier molecular flexibility index (Phi) is 5.92. The Bertz CT molecular complexity index is 930. The molecule has 2 unspecified atom stereocenters. The molecule has 154 valence electrons. The number of benzene rings is 1. The number of hydrogen-bond donors (Lipinski definition) is 0. The fraction of sp³-hybridized carbons (Fsp3) is 0.524. The molecular weight excluding hydrogens is 406 g/mol. The minimum Gasteiger partial charge on any atom is -0.343 e. The van der Waals surface area contributed by atoms with E-state index in [2.05, 4.69) is 4.98 Å². The minimum atomic E-state index is -0.148. The molecule has 2 fully saturated rings. The van der Waals surface area contributed by atoms with Crippen molar-refractivity contribution in [3.8, 4) is 0 Å². The summed E-state index contributed by atoms with van der Waals surface area (Å²) in [6.45, 7) is 5.36. The quantitative estimate of drug-likeness (QED) is 0.512. The van der Waals surface area contributed by atoms with Crippen molar-refractivity contribution in [1.82, 2.24) is 9.88 Å². The van der Waals surface area contributed by atoms with Gasteiger partial charge in [-0.15, -0.1) is 11.3 Å². The number of fused-ring (bicyclic) bond motifs is 2. The largest absolute Gasteiger partial charge is 0.343 e.